The van der Waals surface area contributed by atoms with Crippen molar-refractivity contribution in [2.24, 2.45) is 5.92 Å². The molecule has 1 aliphatic rings. The van der Waals surface area contributed by atoms with Crippen LogP contribution in [0.3, 0.4) is 0 Å². The van der Waals surface area contributed by atoms with Gasteiger partial charge in [0, 0.05) is 6.04 Å². The zero-order valence-corrected chi connectivity index (χ0v) is 10.1. The minimum atomic E-state index is 0.580. The Morgan fingerprint density at radius 2 is 2.38 bits per heavy atom. The second-order valence-electron chi connectivity index (χ2n) is 3.64. The second kappa shape index (κ2) is 4.11. The number of nitrogens with one attached hydrogen (secondary N) is 1. The fourth-order valence-corrected chi connectivity index (χ4v) is 3.15. The molecule has 0 bridgehead atoms. The van der Waals surface area contributed by atoms with Crippen molar-refractivity contribution in [1.82, 2.24) is 5.32 Å². The third-order valence-electron chi connectivity index (χ3n) is 2.88. The van der Waals surface area contributed by atoms with E-state index in [2.05, 4.69) is 39.7 Å². The van der Waals surface area contributed by atoms with Crippen molar-refractivity contribution in [2.75, 3.05) is 7.05 Å². The van der Waals surface area contributed by atoms with Gasteiger partial charge in [0.05, 0.1) is 3.79 Å². The SMILES string of the molecule is CNC(c1csc(Br)c1)C1CCC1. The summed E-state index contributed by atoms with van der Waals surface area (Å²) >= 11 is 5.29. The molecule has 1 aromatic heterocycles. The summed E-state index contributed by atoms with van der Waals surface area (Å²) in [5.74, 6) is 0.867. The van der Waals surface area contributed by atoms with Crippen molar-refractivity contribution in [3.63, 3.8) is 0 Å². The first-order chi connectivity index (χ1) is 6.31. The van der Waals surface area contributed by atoms with Gasteiger partial charge in [-0.2, -0.15) is 0 Å². The quantitative estimate of drug-likeness (QED) is 0.876. The van der Waals surface area contributed by atoms with Crippen LogP contribution in [0.1, 0.15) is 30.9 Å². The van der Waals surface area contributed by atoms with E-state index in [0.717, 1.165) is 5.92 Å². The summed E-state index contributed by atoms with van der Waals surface area (Å²) in [7, 11) is 2.06. The fourth-order valence-electron chi connectivity index (χ4n) is 1.93. The lowest BCUT2D eigenvalue weighted by Gasteiger charge is -2.33. The molecule has 72 valence electrons. The van der Waals surface area contributed by atoms with Crippen molar-refractivity contribution < 1.29 is 0 Å². The molecule has 3 heteroatoms. The van der Waals surface area contributed by atoms with Crippen LogP contribution in [0.5, 0.6) is 0 Å². The van der Waals surface area contributed by atoms with E-state index >= 15 is 0 Å². The van der Waals surface area contributed by atoms with Gasteiger partial charge < -0.3 is 5.32 Å². The molecule has 1 aliphatic carbocycles. The number of halogens is 1. The molecule has 2 rings (SSSR count). The van der Waals surface area contributed by atoms with Crippen molar-refractivity contribution in [3.05, 3.63) is 20.8 Å². The average molecular weight is 260 g/mol. The Morgan fingerprint density at radius 1 is 1.62 bits per heavy atom. The minimum absolute atomic E-state index is 0.580. The predicted molar refractivity (Wildman–Crippen MR) is 61.2 cm³/mol. The van der Waals surface area contributed by atoms with Crippen LogP contribution in [0, 0.1) is 5.92 Å². The van der Waals surface area contributed by atoms with Crippen LogP contribution in [-0.2, 0) is 0 Å². The number of hydrogen-bond donors (Lipinski definition) is 1. The van der Waals surface area contributed by atoms with Gasteiger partial charge in [-0.3, -0.25) is 0 Å². The minimum Gasteiger partial charge on any atom is -0.313 e. The molecule has 0 aliphatic heterocycles. The van der Waals surface area contributed by atoms with E-state index in [9.17, 15) is 0 Å². The van der Waals surface area contributed by atoms with Gasteiger partial charge in [0.1, 0.15) is 0 Å². The summed E-state index contributed by atoms with van der Waals surface area (Å²) < 4.78 is 1.24. The molecule has 1 atom stereocenters. The van der Waals surface area contributed by atoms with Crippen molar-refractivity contribution in [3.8, 4) is 0 Å². The Balaban J connectivity index is 2.11. The van der Waals surface area contributed by atoms with Crippen LogP contribution in [-0.4, -0.2) is 7.05 Å². The molecular weight excluding hydrogens is 246 g/mol. The van der Waals surface area contributed by atoms with Crippen molar-refractivity contribution in [1.29, 1.82) is 0 Å². The molecule has 0 spiro atoms. The molecule has 0 amide bonds. The highest BCUT2D eigenvalue weighted by Crippen LogP contribution is 2.39. The number of hydrogen-bond acceptors (Lipinski definition) is 2. The van der Waals surface area contributed by atoms with E-state index in [1.54, 1.807) is 11.3 Å². The Hall–Kier alpha value is 0.140. The molecule has 0 saturated heterocycles. The molecule has 13 heavy (non-hydrogen) atoms. The Kier molecular flexibility index (Phi) is 3.06. The first kappa shape index (κ1) is 9.69. The first-order valence-corrected chi connectivity index (χ1v) is 6.39. The van der Waals surface area contributed by atoms with Crippen molar-refractivity contribution >= 4 is 27.3 Å². The third kappa shape index (κ3) is 1.97. The normalized spacial score (nSPS) is 19.8. The molecular formula is C10H14BrNS. The van der Waals surface area contributed by atoms with Gasteiger partial charge in [-0.1, -0.05) is 6.42 Å². The lowest BCUT2D eigenvalue weighted by molar-refractivity contribution is 0.240. The highest BCUT2D eigenvalue weighted by molar-refractivity contribution is 9.11. The molecule has 1 nitrogen and oxygen atoms in total. The zero-order valence-electron chi connectivity index (χ0n) is 7.72. The molecule has 1 heterocycles. The molecule has 1 aromatic rings. The van der Waals surface area contributed by atoms with E-state index in [1.807, 2.05) is 0 Å². The highest BCUT2D eigenvalue weighted by Gasteiger charge is 2.27. The predicted octanol–water partition coefficient (Wildman–Crippen LogP) is 3.57. The van der Waals surface area contributed by atoms with Crippen molar-refractivity contribution in [2.45, 2.75) is 25.3 Å². The van der Waals surface area contributed by atoms with E-state index in [0.29, 0.717) is 6.04 Å². The lowest BCUT2D eigenvalue weighted by Crippen LogP contribution is -2.29. The van der Waals surface area contributed by atoms with Gasteiger partial charge in [0.2, 0.25) is 0 Å². The summed E-state index contributed by atoms with van der Waals surface area (Å²) in [5, 5.41) is 5.67. The monoisotopic (exact) mass is 259 g/mol. The van der Waals surface area contributed by atoms with Gasteiger partial charge in [0.25, 0.3) is 0 Å². The Morgan fingerprint density at radius 3 is 2.77 bits per heavy atom. The maximum atomic E-state index is 3.51. The van der Waals surface area contributed by atoms with Gasteiger partial charge in [-0.05, 0) is 58.7 Å². The molecule has 1 saturated carbocycles. The summed E-state index contributed by atoms with van der Waals surface area (Å²) in [5.41, 5.74) is 1.45. The third-order valence-corrected chi connectivity index (χ3v) is 4.40. The maximum Gasteiger partial charge on any atom is 0.0701 e. The first-order valence-electron chi connectivity index (χ1n) is 4.72. The van der Waals surface area contributed by atoms with E-state index in [-0.39, 0.29) is 0 Å². The molecule has 1 N–H and O–H groups in total. The maximum absolute atomic E-state index is 3.51. The number of rotatable bonds is 3. The average Bonchev–Trinajstić information content (AvgIpc) is 2.43. The molecule has 1 unspecified atom stereocenters. The Bertz CT molecular complexity index is 280. The summed E-state index contributed by atoms with van der Waals surface area (Å²) in [6.07, 6.45) is 4.19. The van der Waals surface area contributed by atoms with E-state index < -0.39 is 0 Å². The summed E-state index contributed by atoms with van der Waals surface area (Å²) in [4.78, 5) is 0. The van der Waals surface area contributed by atoms with Gasteiger partial charge in [0.15, 0.2) is 0 Å². The topological polar surface area (TPSA) is 12.0 Å². The molecule has 1 fully saturated rings. The van der Waals surface area contributed by atoms with Gasteiger partial charge in [-0.25, -0.2) is 0 Å². The zero-order chi connectivity index (χ0) is 9.26. The van der Waals surface area contributed by atoms with E-state index in [1.165, 1.54) is 28.6 Å². The van der Waals surface area contributed by atoms with Gasteiger partial charge in [-0.15, -0.1) is 11.3 Å². The second-order valence-corrected chi connectivity index (χ2v) is 5.93. The van der Waals surface area contributed by atoms with Crippen LogP contribution in [0.25, 0.3) is 0 Å². The Labute approximate surface area is 91.7 Å². The standard InChI is InChI=1S/C10H14BrNS/c1-12-10(7-3-2-4-7)8-5-9(11)13-6-8/h5-7,10,12H,2-4H2,1H3. The lowest BCUT2D eigenvalue weighted by atomic mass is 9.78. The number of thiophene rings is 1. The van der Waals surface area contributed by atoms with Crippen LogP contribution in [0.15, 0.2) is 15.2 Å². The van der Waals surface area contributed by atoms with Crippen LogP contribution >= 0.6 is 27.3 Å². The largest absolute Gasteiger partial charge is 0.313 e. The molecule has 0 aromatic carbocycles. The van der Waals surface area contributed by atoms with Crippen LogP contribution < -0.4 is 5.32 Å². The van der Waals surface area contributed by atoms with Crippen LogP contribution in [0.4, 0.5) is 0 Å². The fraction of sp³-hybridized carbons (Fsp3) is 0.600. The molecule has 0 radical (unpaired) electrons. The van der Waals surface area contributed by atoms with E-state index in [4.69, 9.17) is 0 Å². The highest BCUT2D eigenvalue weighted by atomic mass is 79.9. The summed E-state index contributed by atoms with van der Waals surface area (Å²) in [6, 6.07) is 2.82. The van der Waals surface area contributed by atoms with Gasteiger partial charge >= 0.3 is 0 Å². The summed E-state index contributed by atoms with van der Waals surface area (Å²) in [6.45, 7) is 0. The van der Waals surface area contributed by atoms with Crippen LogP contribution in [0.2, 0.25) is 0 Å². The smallest absolute Gasteiger partial charge is 0.0701 e.